The Morgan fingerprint density at radius 2 is 1.94 bits per heavy atom. The van der Waals surface area contributed by atoms with Crippen molar-refractivity contribution in [2.24, 2.45) is 0 Å². The fourth-order valence-corrected chi connectivity index (χ4v) is 1.84. The van der Waals surface area contributed by atoms with Crippen molar-refractivity contribution in [3.63, 3.8) is 0 Å². The summed E-state index contributed by atoms with van der Waals surface area (Å²) in [7, 11) is 0. The van der Waals surface area contributed by atoms with Gasteiger partial charge in [-0.05, 0) is 23.8 Å². The van der Waals surface area contributed by atoms with Crippen molar-refractivity contribution in [2.45, 2.75) is 6.42 Å². The lowest BCUT2D eigenvalue weighted by Crippen LogP contribution is -2.18. The Morgan fingerprint density at radius 3 is 2.56 bits per heavy atom. The summed E-state index contributed by atoms with van der Waals surface area (Å²) in [5, 5.41) is 9.36. The number of aromatic amines is 1. The fraction of sp³-hybridized carbons (Fsp3) is 0.0769. The Labute approximate surface area is 108 Å². The number of rotatable bonds is 3. The summed E-state index contributed by atoms with van der Waals surface area (Å²) in [6, 6.07) is 10.2. The molecule has 1 aromatic heterocycles. The van der Waals surface area contributed by atoms with Gasteiger partial charge in [-0.2, -0.15) is 0 Å². The van der Waals surface area contributed by atoms with Gasteiger partial charge in [0.15, 0.2) is 0 Å². The van der Waals surface area contributed by atoms with Crippen LogP contribution in [0.5, 0.6) is 0 Å². The van der Waals surface area contributed by atoms with E-state index in [9.17, 15) is 9.59 Å². The Morgan fingerprint density at radius 1 is 1.22 bits per heavy atom. The molecule has 5 heteroatoms. The van der Waals surface area contributed by atoms with Crippen LogP contribution in [0.15, 0.2) is 41.2 Å². The highest BCUT2D eigenvalue weighted by Crippen LogP contribution is 2.17. The average Bonchev–Trinajstić information content (AvgIpc) is 2.32. The zero-order valence-electron chi connectivity index (χ0n) is 9.31. The van der Waals surface area contributed by atoms with Gasteiger partial charge in [-0.15, -0.1) is 0 Å². The summed E-state index contributed by atoms with van der Waals surface area (Å²) in [6.07, 6.45) is 0.453. The second kappa shape index (κ2) is 5.06. The monoisotopic (exact) mass is 263 g/mol. The number of aromatic nitrogens is 1. The number of hydrogen-bond acceptors (Lipinski definition) is 2. The van der Waals surface area contributed by atoms with Crippen LogP contribution in [-0.2, 0) is 6.42 Å². The molecule has 0 fully saturated rings. The minimum Gasteiger partial charge on any atom is -0.477 e. The van der Waals surface area contributed by atoms with Gasteiger partial charge in [0.1, 0.15) is 5.56 Å². The zero-order valence-corrected chi connectivity index (χ0v) is 10.1. The third-order valence-electron chi connectivity index (χ3n) is 2.54. The van der Waals surface area contributed by atoms with Crippen LogP contribution in [0.2, 0.25) is 5.02 Å². The van der Waals surface area contributed by atoms with Crippen LogP contribution < -0.4 is 5.56 Å². The van der Waals surface area contributed by atoms with Gasteiger partial charge < -0.3 is 10.1 Å². The van der Waals surface area contributed by atoms with Gasteiger partial charge in [0.2, 0.25) is 0 Å². The molecule has 2 aromatic rings. The van der Waals surface area contributed by atoms with Gasteiger partial charge in [-0.3, -0.25) is 4.79 Å². The molecule has 2 N–H and O–H groups in total. The Hall–Kier alpha value is -2.07. The topological polar surface area (TPSA) is 70.2 Å². The lowest BCUT2D eigenvalue weighted by molar-refractivity contribution is 0.0695. The van der Waals surface area contributed by atoms with Crippen molar-refractivity contribution >= 4 is 17.6 Å². The van der Waals surface area contributed by atoms with Crippen LogP contribution in [0.3, 0.4) is 0 Å². The molecule has 0 bridgehead atoms. The molecule has 0 saturated heterocycles. The first kappa shape index (κ1) is 12.4. The van der Waals surface area contributed by atoms with E-state index in [-0.39, 0.29) is 5.56 Å². The Kier molecular flexibility index (Phi) is 3.48. The number of pyridine rings is 1. The molecule has 0 radical (unpaired) electrons. The molecule has 0 aliphatic heterocycles. The lowest BCUT2D eigenvalue weighted by atomic mass is 10.1. The number of nitrogens with one attached hydrogen (secondary N) is 1. The third-order valence-corrected chi connectivity index (χ3v) is 2.91. The summed E-state index contributed by atoms with van der Waals surface area (Å²) < 4.78 is 0. The van der Waals surface area contributed by atoms with Crippen LogP contribution in [0, 0.1) is 0 Å². The molecule has 0 unspecified atom stereocenters. The molecule has 18 heavy (non-hydrogen) atoms. The van der Waals surface area contributed by atoms with E-state index in [2.05, 4.69) is 4.98 Å². The van der Waals surface area contributed by atoms with Gasteiger partial charge >= 0.3 is 5.97 Å². The van der Waals surface area contributed by atoms with Crippen LogP contribution in [0.25, 0.3) is 0 Å². The van der Waals surface area contributed by atoms with E-state index in [1.165, 1.54) is 6.07 Å². The first-order valence-corrected chi connectivity index (χ1v) is 5.64. The molecule has 0 aliphatic rings. The molecule has 2 rings (SSSR count). The maximum atomic E-state index is 11.5. The molecule has 4 nitrogen and oxygen atoms in total. The van der Waals surface area contributed by atoms with E-state index >= 15 is 0 Å². The van der Waals surface area contributed by atoms with E-state index in [0.717, 1.165) is 5.56 Å². The first-order valence-electron chi connectivity index (χ1n) is 5.27. The molecular formula is C13H10ClNO3. The normalized spacial score (nSPS) is 10.3. The predicted octanol–water partition coefficient (Wildman–Crippen LogP) is 2.32. The summed E-state index contributed by atoms with van der Waals surface area (Å²) in [6.45, 7) is 0. The number of hydrogen-bond donors (Lipinski definition) is 2. The highest BCUT2D eigenvalue weighted by Gasteiger charge is 2.09. The van der Waals surface area contributed by atoms with Crippen molar-refractivity contribution < 1.29 is 9.90 Å². The number of halogens is 1. The summed E-state index contributed by atoms with van der Waals surface area (Å²) >= 11 is 6.01. The van der Waals surface area contributed by atoms with Crippen molar-refractivity contribution in [3.05, 3.63) is 68.6 Å². The predicted molar refractivity (Wildman–Crippen MR) is 68.3 cm³/mol. The first-order chi connectivity index (χ1) is 8.58. The van der Waals surface area contributed by atoms with E-state index in [0.29, 0.717) is 17.1 Å². The van der Waals surface area contributed by atoms with Crippen LogP contribution in [-0.4, -0.2) is 16.1 Å². The molecule has 1 heterocycles. The average molecular weight is 264 g/mol. The highest BCUT2D eigenvalue weighted by atomic mass is 35.5. The van der Waals surface area contributed by atoms with Crippen LogP contribution in [0.1, 0.15) is 21.6 Å². The highest BCUT2D eigenvalue weighted by molar-refractivity contribution is 6.31. The van der Waals surface area contributed by atoms with Crippen molar-refractivity contribution in [1.82, 2.24) is 4.98 Å². The van der Waals surface area contributed by atoms with Crippen molar-refractivity contribution in [2.75, 3.05) is 0 Å². The molecule has 1 aromatic carbocycles. The minimum absolute atomic E-state index is 0.266. The van der Waals surface area contributed by atoms with Gasteiger partial charge in [-0.25, -0.2) is 4.79 Å². The minimum atomic E-state index is -1.24. The van der Waals surface area contributed by atoms with E-state index < -0.39 is 11.5 Å². The standard InChI is InChI=1S/C13H10ClNO3/c14-11-4-2-1-3-8(11)7-9-5-6-10(13(17)18)12(16)15-9/h1-6H,7H2,(H,15,16)(H,17,18). The van der Waals surface area contributed by atoms with Gasteiger partial charge in [0, 0.05) is 17.1 Å². The van der Waals surface area contributed by atoms with Crippen LogP contribution in [0.4, 0.5) is 0 Å². The quantitative estimate of drug-likeness (QED) is 0.893. The number of carbonyl (C=O) groups is 1. The third kappa shape index (κ3) is 2.60. The van der Waals surface area contributed by atoms with Crippen molar-refractivity contribution in [3.8, 4) is 0 Å². The Balaban J connectivity index is 2.32. The number of carboxylic acid groups (broad SMARTS) is 1. The number of benzene rings is 1. The Bertz CT molecular complexity index is 649. The van der Waals surface area contributed by atoms with E-state index in [1.54, 1.807) is 12.1 Å². The summed E-state index contributed by atoms with van der Waals surface area (Å²) in [4.78, 5) is 24.7. The second-order valence-electron chi connectivity index (χ2n) is 3.80. The molecular weight excluding hydrogens is 254 g/mol. The smallest absolute Gasteiger partial charge is 0.341 e. The lowest BCUT2D eigenvalue weighted by Gasteiger charge is -2.04. The summed E-state index contributed by atoms with van der Waals surface area (Å²) in [5.74, 6) is -1.24. The van der Waals surface area contributed by atoms with Gasteiger partial charge in [0.25, 0.3) is 5.56 Å². The van der Waals surface area contributed by atoms with Gasteiger partial charge in [0.05, 0.1) is 0 Å². The van der Waals surface area contributed by atoms with Gasteiger partial charge in [-0.1, -0.05) is 29.8 Å². The molecule has 0 aliphatic carbocycles. The molecule has 0 atom stereocenters. The number of carboxylic acids is 1. The molecule has 0 amide bonds. The summed E-state index contributed by atoms with van der Waals surface area (Å²) in [5.41, 5.74) is 0.626. The van der Waals surface area contributed by atoms with Crippen LogP contribution >= 0.6 is 11.6 Å². The maximum Gasteiger partial charge on any atom is 0.341 e. The van der Waals surface area contributed by atoms with E-state index in [4.69, 9.17) is 16.7 Å². The SMILES string of the molecule is O=C(O)c1ccc(Cc2ccccc2Cl)[nH]c1=O. The van der Waals surface area contributed by atoms with Crippen molar-refractivity contribution in [1.29, 1.82) is 0 Å². The number of H-pyrrole nitrogens is 1. The molecule has 92 valence electrons. The van der Waals surface area contributed by atoms with E-state index in [1.807, 2.05) is 18.2 Å². The largest absolute Gasteiger partial charge is 0.477 e. The second-order valence-corrected chi connectivity index (χ2v) is 4.21. The molecule has 0 saturated carbocycles. The fourth-order valence-electron chi connectivity index (χ4n) is 1.63. The maximum absolute atomic E-state index is 11.5. The molecule has 0 spiro atoms. The zero-order chi connectivity index (χ0) is 13.1. The number of aromatic carboxylic acids is 1.